The number of aromatic hydroxyl groups is 1. The van der Waals surface area contributed by atoms with E-state index in [0.29, 0.717) is 42.9 Å². The highest BCUT2D eigenvalue weighted by Gasteiger charge is 2.31. The fourth-order valence-electron chi connectivity index (χ4n) is 5.79. The van der Waals surface area contributed by atoms with Crippen LogP contribution in [0.2, 0.25) is 0 Å². The van der Waals surface area contributed by atoms with E-state index in [0.717, 1.165) is 61.8 Å². The Bertz CT molecular complexity index is 1220. The Labute approximate surface area is 255 Å². The van der Waals surface area contributed by atoms with E-state index in [2.05, 4.69) is 10.3 Å². The van der Waals surface area contributed by atoms with Gasteiger partial charge in [-0.25, -0.2) is 0 Å². The van der Waals surface area contributed by atoms with Crippen molar-refractivity contribution < 1.29 is 29.6 Å². The first-order chi connectivity index (χ1) is 20.9. The summed E-state index contributed by atoms with van der Waals surface area (Å²) in [5.74, 6) is -0.00657. The molecule has 3 rings (SSSR count). The number of aliphatic hydroxyl groups is 2. The van der Waals surface area contributed by atoms with Gasteiger partial charge in [0.25, 0.3) is 0 Å². The maximum Gasteiger partial charge on any atom is 0.161 e. The van der Waals surface area contributed by atoms with Crippen LogP contribution in [0.1, 0.15) is 86.9 Å². The molecule has 2 heterocycles. The second-order valence-electron chi connectivity index (χ2n) is 11.4. The minimum absolute atomic E-state index is 0.0116. The number of hydrogen-bond acceptors (Lipinski definition) is 8. The van der Waals surface area contributed by atoms with Gasteiger partial charge in [0.15, 0.2) is 11.5 Å². The van der Waals surface area contributed by atoms with Crippen LogP contribution in [0.4, 0.5) is 0 Å². The van der Waals surface area contributed by atoms with Gasteiger partial charge in [0.1, 0.15) is 11.6 Å². The van der Waals surface area contributed by atoms with Crippen molar-refractivity contribution >= 4 is 11.6 Å². The third-order valence-electron chi connectivity index (χ3n) is 8.10. The highest BCUT2D eigenvalue weighted by atomic mass is 16.5. The first kappa shape index (κ1) is 33.9. The van der Waals surface area contributed by atoms with E-state index in [1.54, 1.807) is 6.07 Å². The van der Waals surface area contributed by atoms with Crippen LogP contribution in [0.3, 0.4) is 0 Å². The zero-order chi connectivity index (χ0) is 31.0. The number of rotatable bonds is 21. The SMILES string of the molecule is COc1cc(CCC(=O)CC(=O)CCCCCCCCCO)cc(C(C2=CCNC(N)=C2)C(CO)Cc2ccc[nH]2)c1O. The molecule has 236 valence electrons. The largest absolute Gasteiger partial charge is 0.504 e. The van der Waals surface area contributed by atoms with Crippen LogP contribution in [-0.2, 0) is 22.4 Å². The number of unbranched alkanes of at least 4 members (excludes halogenated alkanes) is 6. The van der Waals surface area contributed by atoms with E-state index >= 15 is 0 Å². The van der Waals surface area contributed by atoms with Crippen LogP contribution < -0.4 is 15.8 Å². The molecule has 2 unspecified atom stereocenters. The molecule has 0 fully saturated rings. The third-order valence-corrected chi connectivity index (χ3v) is 8.10. The van der Waals surface area contributed by atoms with Gasteiger partial charge >= 0.3 is 0 Å². The van der Waals surface area contributed by atoms with Crippen molar-refractivity contribution in [2.24, 2.45) is 11.7 Å². The fraction of sp³-hybridized carbons (Fsp3) is 0.529. The van der Waals surface area contributed by atoms with Crippen molar-refractivity contribution in [2.75, 3.05) is 26.9 Å². The number of aliphatic hydroxyl groups excluding tert-OH is 2. The van der Waals surface area contributed by atoms with E-state index in [9.17, 15) is 19.8 Å². The summed E-state index contributed by atoms with van der Waals surface area (Å²) in [7, 11) is 1.49. The van der Waals surface area contributed by atoms with Gasteiger partial charge in [-0.2, -0.15) is 0 Å². The normalized spacial score (nSPS) is 14.4. The lowest BCUT2D eigenvalue weighted by molar-refractivity contribution is -0.127. The predicted molar refractivity (Wildman–Crippen MR) is 168 cm³/mol. The van der Waals surface area contributed by atoms with Crippen LogP contribution >= 0.6 is 0 Å². The Kier molecular flexibility index (Phi) is 14.3. The highest BCUT2D eigenvalue weighted by molar-refractivity contribution is 5.99. The van der Waals surface area contributed by atoms with Crippen molar-refractivity contribution in [2.45, 2.75) is 83.0 Å². The number of H-pyrrole nitrogens is 1. The molecule has 9 heteroatoms. The van der Waals surface area contributed by atoms with E-state index in [1.165, 1.54) is 7.11 Å². The number of carbonyl (C=O) groups excluding carboxylic acids is 2. The van der Waals surface area contributed by atoms with Crippen LogP contribution in [0, 0.1) is 5.92 Å². The molecule has 2 aromatic rings. The van der Waals surface area contributed by atoms with Crippen molar-refractivity contribution in [3.8, 4) is 11.5 Å². The third kappa shape index (κ3) is 10.9. The lowest BCUT2D eigenvalue weighted by Gasteiger charge is -2.30. The number of benzene rings is 1. The lowest BCUT2D eigenvalue weighted by Crippen LogP contribution is -2.28. The topological polar surface area (TPSA) is 158 Å². The molecular weight excluding hydrogens is 546 g/mol. The summed E-state index contributed by atoms with van der Waals surface area (Å²) in [6.07, 6.45) is 14.1. The molecule has 1 aliphatic rings. The Morgan fingerprint density at radius 3 is 2.40 bits per heavy atom. The number of ketones is 2. The molecule has 0 radical (unpaired) electrons. The molecular formula is C34H49N3O6. The molecule has 0 saturated carbocycles. The van der Waals surface area contributed by atoms with Crippen molar-refractivity contribution in [3.63, 3.8) is 0 Å². The molecule has 1 aliphatic heterocycles. The van der Waals surface area contributed by atoms with Gasteiger partial charge in [0.2, 0.25) is 0 Å². The molecule has 9 nitrogen and oxygen atoms in total. The number of allylic oxidation sites excluding steroid dienone is 2. The van der Waals surface area contributed by atoms with Gasteiger partial charge in [0, 0.05) is 56.0 Å². The fourth-order valence-corrected chi connectivity index (χ4v) is 5.79. The van der Waals surface area contributed by atoms with Gasteiger partial charge in [-0.1, -0.05) is 44.2 Å². The predicted octanol–water partition coefficient (Wildman–Crippen LogP) is 4.57. The monoisotopic (exact) mass is 595 g/mol. The Hall–Kier alpha value is -3.56. The van der Waals surface area contributed by atoms with E-state index in [4.69, 9.17) is 15.6 Å². The number of methoxy groups -OCH3 is 1. The van der Waals surface area contributed by atoms with Crippen LogP contribution in [0.5, 0.6) is 11.5 Å². The second-order valence-corrected chi connectivity index (χ2v) is 11.4. The zero-order valence-corrected chi connectivity index (χ0v) is 25.4. The average molecular weight is 596 g/mol. The Balaban J connectivity index is 1.68. The number of ether oxygens (including phenoxy) is 1. The Morgan fingerprint density at radius 1 is 1.02 bits per heavy atom. The number of nitrogens with two attached hydrogens (primary N) is 1. The molecule has 1 aromatic carbocycles. The van der Waals surface area contributed by atoms with Crippen molar-refractivity contribution in [1.82, 2.24) is 10.3 Å². The van der Waals surface area contributed by atoms with Crippen LogP contribution in [-0.4, -0.2) is 58.7 Å². The maximum absolute atomic E-state index is 12.7. The first-order valence-corrected chi connectivity index (χ1v) is 15.5. The summed E-state index contributed by atoms with van der Waals surface area (Å²) in [5.41, 5.74) is 9.35. The summed E-state index contributed by atoms with van der Waals surface area (Å²) < 4.78 is 5.53. The molecule has 0 spiro atoms. The number of dihydropyridines is 1. The number of hydrogen-bond donors (Lipinski definition) is 6. The highest BCUT2D eigenvalue weighted by Crippen LogP contribution is 2.44. The summed E-state index contributed by atoms with van der Waals surface area (Å²) in [6.45, 7) is 0.644. The van der Waals surface area contributed by atoms with Gasteiger partial charge in [0.05, 0.1) is 19.4 Å². The minimum Gasteiger partial charge on any atom is -0.504 e. The molecule has 0 aliphatic carbocycles. The number of aryl methyl sites for hydroxylation is 1. The summed E-state index contributed by atoms with van der Waals surface area (Å²) >= 11 is 0. The van der Waals surface area contributed by atoms with E-state index < -0.39 is 5.92 Å². The minimum atomic E-state index is -0.394. The Morgan fingerprint density at radius 2 is 1.74 bits per heavy atom. The summed E-state index contributed by atoms with van der Waals surface area (Å²) in [6, 6.07) is 7.48. The number of aromatic amines is 1. The number of Topliss-reactive ketones (excluding diaryl/α,β-unsaturated/α-hetero) is 2. The molecule has 7 N–H and O–H groups in total. The van der Waals surface area contributed by atoms with Crippen molar-refractivity contribution in [3.05, 3.63) is 70.8 Å². The average Bonchev–Trinajstić information content (AvgIpc) is 3.51. The number of nitrogens with one attached hydrogen (secondary N) is 2. The molecule has 0 amide bonds. The van der Waals surface area contributed by atoms with Gasteiger partial charge in [-0.05, 0) is 67.0 Å². The van der Waals surface area contributed by atoms with E-state index in [-0.39, 0.29) is 49.3 Å². The number of aromatic nitrogens is 1. The quantitative estimate of drug-likeness (QED) is 0.0905. The smallest absolute Gasteiger partial charge is 0.161 e. The van der Waals surface area contributed by atoms with E-state index in [1.807, 2.05) is 36.5 Å². The van der Waals surface area contributed by atoms with Gasteiger partial charge < -0.3 is 36.1 Å². The zero-order valence-electron chi connectivity index (χ0n) is 25.4. The maximum atomic E-state index is 12.7. The summed E-state index contributed by atoms with van der Waals surface area (Å²) in [5, 5.41) is 33.7. The molecule has 2 atom stereocenters. The molecule has 0 bridgehead atoms. The van der Waals surface area contributed by atoms with Crippen LogP contribution in [0.15, 0.2) is 54.0 Å². The second kappa shape index (κ2) is 18.2. The van der Waals surface area contributed by atoms with Crippen molar-refractivity contribution in [1.29, 1.82) is 0 Å². The molecule has 0 saturated heterocycles. The van der Waals surface area contributed by atoms with Crippen LogP contribution in [0.25, 0.3) is 0 Å². The standard InChI is InChI=1S/C34H49N3O6/c1-43-31-19-24(12-13-29(41)22-28(40)11-7-5-3-2-4-6-8-17-38)18-30(34(31)42)33(25-14-16-37-32(35)21-25)26(23-39)20-27-10-9-15-36-27/h9-10,14-15,18-19,21,26,33,36-39,42H,2-8,11-13,16-17,20,22-23,35H2,1H3. The first-order valence-electron chi connectivity index (χ1n) is 15.5. The number of carbonyl (C=O) groups is 2. The number of phenols is 1. The molecule has 43 heavy (non-hydrogen) atoms. The lowest BCUT2D eigenvalue weighted by atomic mass is 9.76. The van der Waals surface area contributed by atoms with Gasteiger partial charge in [-0.15, -0.1) is 0 Å². The summed E-state index contributed by atoms with van der Waals surface area (Å²) in [4.78, 5) is 28.3. The number of phenolic OH excluding ortho intramolecular Hbond substituents is 1. The van der Waals surface area contributed by atoms with Gasteiger partial charge in [-0.3, -0.25) is 9.59 Å². The molecule has 1 aromatic heterocycles.